The maximum Gasteiger partial charge on any atom is 1.00 e. The van der Waals surface area contributed by atoms with Crippen LogP contribution in [-0.4, -0.2) is 14.2 Å². The molecule has 106 valence electrons. The van der Waals surface area contributed by atoms with Gasteiger partial charge in [-0.25, -0.2) is 0 Å². The van der Waals surface area contributed by atoms with Crippen LogP contribution in [0, 0.1) is 6.07 Å². The van der Waals surface area contributed by atoms with Gasteiger partial charge in [-0.15, -0.1) is 11.6 Å². The molecule has 0 spiro atoms. The van der Waals surface area contributed by atoms with Gasteiger partial charge in [0.2, 0.25) is 0 Å². The van der Waals surface area contributed by atoms with E-state index in [1.54, 1.807) is 12.1 Å². The zero-order valence-electron chi connectivity index (χ0n) is 12.3. The Labute approximate surface area is 182 Å². The maximum absolute atomic E-state index is 12.4. The molecule has 2 rings (SSSR count). The zero-order valence-corrected chi connectivity index (χ0v) is 19.7. The summed E-state index contributed by atoms with van der Waals surface area (Å²) in [6.45, 7) is 0. The summed E-state index contributed by atoms with van der Waals surface area (Å²) in [7, 11) is -0.518. The largest absolute Gasteiger partial charge is 1.00 e. The van der Waals surface area contributed by atoms with Gasteiger partial charge in [-0.2, -0.15) is 18.2 Å². The smallest absolute Gasteiger partial charge is 0.310 e. The minimum Gasteiger partial charge on any atom is -0.310 e. The maximum atomic E-state index is 12.4. The van der Waals surface area contributed by atoms with Gasteiger partial charge in [-0.1, -0.05) is 40.2 Å². The van der Waals surface area contributed by atoms with Crippen molar-refractivity contribution in [2.75, 3.05) is 14.2 Å². The average molecular weight is 440 g/mol. The Hall–Kier alpha value is 0.875. The third-order valence-corrected chi connectivity index (χ3v) is 5.46. The molecular formula is C15H15BrO3PRb. The summed E-state index contributed by atoms with van der Waals surface area (Å²) < 4.78 is 22.3. The van der Waals surface area contributed by atoms with Gasteiger partial charge in [0.25, 0.3) is 0 Å². The summed E-state index contributed by atoms with van der Waals surface area (Å²) in [5.41, 5.74) is 3.20. The number of rotatable bonds is 5. The first-order chi connectivity index (χ1) is 9.62. The molecule has 0 aromatic heterocycles. The molecular weight excluding hydrogens is 425 g/mol. The molecule has 0 aliphatic rings. The van der Waals surface area contributed by atoms with E-state index >= 15 is 0 Å². The van der Waals surface area contributed by atoms with E-state index in [1.807, 2.05) is 30.3 Å². The normalized spacial score (nSPS) is 11.0. The van der Waals surface area contributed by atoms with Gasteiger partial charge in [0.15, 0.2) is 0 Å². The van der Waals surface area contributed by atoms with E-state index in [-0.39, 0.29) is 58.2 Å². The molecule has 0 fully saturated rings. The number of hydrogen-bond donors (Lipinski definition) is 0. The van der Waals surface area contributed by atoms with Gasteiger partial charge in [0.05, 0.1) is 0 Å². The zero-order chi connectivity index (χ0) is 14.6. The standard InChI is InChI=1S/C15H15BrO3P.Rb/c1-18-20(17,19-2)15-5-3-4-14(10-15)13-8-6-12(11-16)7-9-13;/h3-4,6-10H,11H2,1-2H3;/q-1;+1. The molecule has 2 aromatic carbocycles. The quantitative estimate of drug-likeness (QED) is 0.399. The van der Waals surface area contributed by atoms with Crippen LogP contribution in [0.15, 0.2) is 42.5 Å². The van der Waals surface area contributed by atoms with E-state index in [2.05, 4.69) is 22.0 Å². The first kappa shape index (κ1) is 19.9. The Morgan fingerprint density at radius 2 is 1.71 bits per heavy atom. The van der Waals surface area contributed by atoms with Gasteiger partial charge in [0, 0.05) is 19.5 Å². The summed E-state index contributed by atoms with van der Waals surface area (Å²) in [5, 5.41) is 1.26. The summed E-state index contributed by atoms with van der Waals surface area (Å²) >= 11 is 3.42. The molecule has 0 radical (unpaired) electrons. The van der Waals surface area contributed by atoms with Gasteiger partial charge in [-0.05, 0) is 16.4 Å². The van der Waals surface area contributed by atoms with Gasteiger partial charge >= 0.3 is 65.8 Å². The van der Waals surface area contributed by atoms with Crippen molar-refractivity contribution in [1.82, 2.24) is 0 Å². The molecule has 0 aliphatic heterocycles. The Kier molecular flexibility index (Phi) is 8.76. The fourth-order valence-corrected chi connectivity index (χ4v) is 3.30. The van der Waals surface area contributed by atoms with Crippen molar-refractivity contribution in [3.05, 3.63) is 54.1 Å². The molecule has 3 nitrogen and oxygen atoms in total. The topological polar surface area (TPSA) is 35.5 Å². The van der Waals surface area contributed by atoms with E-state index in [4.69, 9.17) is 9.05 Å². The van der Waals surface area contributed by atoms with Crippen molar-refractivity contribution in [2.24, 2.45) is 0 Å². The average Bonchev–Trinajstić information content (AvgIpc) is 2.54. The van der Waals surface area contributed by atoms with Crippen LogP contribution in [0.2, 0.25) is 0 Å². The molecule has 21 heavy (non-hydrogen) atoms. The third-order valence-electron chi connectivity index (χ3n) is 3.00. The Balaban J connectivity index is 0.00000220. The molecule has 0 amide bonds. The molecule has 0 aliphatic carbocycles. The van der Waals surface area contributed by atoms with E-state index in [0.29, 0.717) is 5.30 Å². The Morgan fingerprint density at radius 3 is 2.24 bits per heavy atom. The second kappa shape index (κ2) is 9.24. The molecule has 0 atom stereocenters. The van der Waals surface area contributed by atoms with Crippen LogP contribution in [0.25, 0.3) is 11.1 Å². The van der Waals surface area contributed by atoms with Crippen molar-refractivity contribution >= 4 is 28.8 Å². The van der Waals surface area contributed by atoms with Crippen LogP contribution >= 0.6 is 23.5 Å². The number of hydrogen-bond acceptors (Lipinski definition) is 3. The second-order valence-electron chi connectivity index (χ2n) is 4.16. The number of benzene rings is 2. The third kappa shape index (κ3) is 4.92. The summed E-state index contributed by atoms with van der Waals surface area (Å²) in [6.07, 6.45) is 0. The fourth-order valence-electron chi connectivity index (χ4n) is 1.85. The number of alkyl halides is 1. The summed E-state index contributed by atoms with van der Waals surface area (Å²) in [5.74, 6) is 0. The van der Waals surface area contributed by atoms with E-state index in [1.165, 1.54) is 19.8 Å². The van der Waals surface area contributed by atoms with Gasteiger partial charge in [-0.3, -0.25) is 4.57 Å². The van der Waals surface area contributed by atoms with Crippen molar-refractivity contribution < 1.29 is 71.8 Å². The molecule has 0 heterocycles. The Morgan fingerprint density at radius 1 is 1.10 bits per heavy atom. The van der Waals surface area contributed by atoms with Gasteiger partial charge in [0.1, 0.15) is 0 Å². The van der Waals surface area contributed by atoms with Crippen LogP contribution in [0.4, 0.5) is 0 Å². The van der Waals surface area contributed by atoms with Gasteiger partial charge < -0.3 is 9.05 Å². The monoisotopic (exact) mass is 438 g/mol. The molecule has 0 saturated heterocycles. The fraction of sp³-hybridized carbons (Fsp3) is 0.200. The minimum absolute atomic E-state index is 0. The van der Waals surface area contributed by atoms with Crippen LogP contribution in [0.1, 0.15) is 5.56 Å². The van der Waals surface area contributed by atoms with Crippen LogP contribution in [0.3, 0.4) is 0 Å². The van der Waals surface area contributed by atoms with Crippen molar-refractivity contribution in [3.8, 4) is 11.1 Å². The van der Waals surface area contributed by atoms with Crippen LogP contribution in [-0.2, 0) is 18.9 Å². The van der Waals surface area contributed by atoms with Crippen LogP contribution < -0.4 is 63.5 Å². The second-order valence-corrected chi connectivity index (χ2v) is 6.92. The molecule has 0 unspecified atom stereocenters. The summed E-state index contributed by atoms with van der Waals surface area (Å²) in [4.78, 5) is 0. The predicted octanol–water partition coefficient (Wildman–Crippen LogP) is 1.16. The van der Waals surface area contributed by atoms with E-state index < -0.39 is 7.60 Å². The minimum atomic E-state index is -3.26. The first-order valence-corrected chi connectivity index (χ1v) is 8.68. The first-order valence-electron chi connectivity index (χ1n) is 6.02. The van der Waals surface area contributed by atoms with Crippen molar-refractivity contribution in [1.29, 1.82) is 0 Å². The SMILES string of the molecule is COP(=O)(OC)c1[c-]ccc(-c2ccc(CBr)cc2)c1.[Rb+]. The molecule has 2 aromatic rings. The van der Waals surface area contributed by atoms with Crippen LogP contribution in [0.5, 0.6) is 0 Å². The molecule has 0 bridgehead atoms. The molecule has 6 heteroatoms. The van der Waals surface area contributed by atoms with E-state index in [0.717, 1.165) is 16.5 Å². The van der Waals surface area contributed by atoms with E-state index in [9.17, 15) is 4.57 Å². The molecule has 0 N–H and O–H groups in total. The number of halogens is 1. The van der Waals surface area contributed by atoms with Crippen molar-refractivity contribution in [3.63, 3.8) is 0 Å². The summed E-state index contributed by atoms with van der Waals surface area (Å²) in [6, 6.07) is 16.5. The molecule has 0 saturated carbocycles. The Bertz CT molecular complexity index is 623. The van der Waals surface area contributed by atoms with Crippen molar-refractivity contribution in [2.45, 2.75) is 5.33 Å². The predicted molar refractivity (Wildman–Crippen MR) is 84.6 cm³/mol.